The van der Waals surface area contributed by atoms with E-state index in [1.165, 1.54) is 16.5 Å². The Morgan fingerprint density at radius 2 is 0.515 bits per heavy atom. The van der Waals surface area contributed by atoms with Gasteiger partial charge in [-0.05, 0) is 168 Å². The van der Waals surface area contributed by atoms with E-state index < -0.39 is 0 Å². The highest BCUT2D eigenvalue weighted by molar-refractivity contribution is 6.28. The number of aromatic nitrogens is 8. The van der Waals surface area contributed by atoms with Crippen LogP contribution in [0.15, 0.2) is 494 Å². The number of nitrogens with zero attached hydrogens (tertiary/aromatic N) is 8. The quantitative estimate of drug-likeness (QED) is 0.0940. The van der Waals surface area contributed by atoms with Crippen molar-refractivity contribution in [3.63, 3.8) is 0 Å². The molecule has 0 unspecified atom stereocenters. The number of furan rings is 2. The summed E-state index contributed by atoms with van der Waals surface area (Å²) >= 11 is 0. The summed E-state index contributed by atoms with van der Waals surface area (Å²) < 4.78 is 18.9. The fourth-order valence-electron chi connectivity index (χ4n) is 20.0. The van der Waals surface area contributed by atoms with Gasteiger partial charge in [0.1, 0.15) is 22.3 Å². The maximum absolute atomic E-state index is 7.29. The zero-order valence-corrected chi connectivity index (χ0v) is 73.6. The molecule has 26 aromatic rings. The zero-order valence-electron chi connectivity index (χ0n) is 73.6. The summed E-state index contributed by atoms with van der Waals surface area (Å²) in [5.74, 6) is 3.54. The molecule has 0 saturated heterocycles. The lowest BCUT2D eigenvalue weighted by atomic mass is 9.85. The molecule has 10 heteroatoms. The fourth-order valence-corrected chi connectivity index (χ4v) is 20.0. The lowest BCUT2D eigenvalue weighted by Gasteiger charge is -2.19. The van der Waals surface area contributed by atoms with Crippen molar-refractivity contribution in [2.75, 3.05) is 0 Å². The Balaban J connectivity index is 0.000000145. The molecule has 0 amide bonds. The van der Waals surface area contributed by atoms with E-state index in [0.717, 1.165) is 205 Å². The average Bonchev–Trinajstić information content (AvgIpc) is 1.55. The summed E-state index contributed by atoms with van der Waals surface area (Å²) in [6, 6.07) is 170. The van der Waals surface area contributed by atoms with E-state index in [4.69, 9.17) is 38.7 Å². The van der Waals surface area contributed by atoms with Crippen LogP contribution in [0.25, 0.3) is 256 Å². The van der Waals surface area contributed by atoms with E-state index in [1.807, 2.05) is 72.8 Å². The van der Waals surface area contributed by atoms with Crippen molar-refractivity contribution in [3.05, 3.63) is 485 Å². The van der Waals surface area contributed by atoms with Gasteiger partial charge in [0.15, 0.2) is 34.9 Å². The summed E-state index contributed by atoms with van der Waals surface area (Å²) in [4.78, 5) is 31.6. The van der Waals surface area contributed by atoms with Crippen LogP contribution in [0.4, 0.5) is 0 Å². The number of rotatable bonds is 16. The van der Waals surface area contributed by atoms with Crippen LogP contribution in [0.5, 0.6) is 0 Å². The molecular weight excluding hydrogens is 1660 g/mol. The molecule has 26 rings (SSSR count). The molecule has 636 valence electrons. The Morgan fingerprint density at radius 3 is 1.04 bits per heavy atom. The first-order valence-electron chi connectivity index (χ1n) is 45.9. The van der Waals surface area contributed by atoms with Crippen LogP contribution in [0.1, 0.15) is 0 Å². The van der Waals surface area contributed by atoms with Crippen LogP contribution >= 0.6 is 0 Å². The van der Waals surface area contributed by atoms with Gasteiger partial charge in [0.25, 0.3) is 0 Å². The highest BCUT2D eigenvalue weighted by Crippen LogP contribution is 2.51. The van der Waals surface area contributed by atoms with Crippen molar-refractivity contribution in [2.45, 2.75) is 0 Å². The third-order valence-corrected chi connectivity index (χ3v) is 26.2. The van der Waals surface area contributed by atoms with E-state index in [-0.39, 0.29) is 0 Å². The molecule has 136 heavy (non-hydrogen) atoms. The number of fused-ring (bicyclic) bond motifs is 14. The van der Waals surface area contributed by atoms with Crippen molar-refractivity contribution in [1.82, 2.24) is 39.0 Å². The summed E-state index contributed by atoms with van der Waals surface area (Å²) in [5, 5.41) is 8.76. The minimum atomic E-state index is 0.564. The van der Waals surface area contributed by atoms with E-state index >= 15 is 0 Å². The van der Waals surface area contributed by atoms with Crippen LogP contribution in [-0.4, -0.2) is 39.0 Å². The smallest absolute Gasteiger partial charge is 0.164 e. The second kappa shape index (κ2) is 34.2. The van der Waals surface area contributed by atoms with Gasteiger partial charge >= 0.3 is 0 Å². The van der Waals surface area contributed by atoms with Gasteiger partial charge in [0, 0.05) is 82.6 Å². The van der Waals surface area contributed by atoms with Crippen LogP contribution < -0.4 is 0 Å². The summed E-state index contributed by atoms with van der Waals surface area (Å²) in [6.07, 6.45) is 0. The molecule has 0 radical (unpaired) electrons. The lowest BCUT2D eigenvalue weighted by molar-refractivity contribution is 0.669. The predicted molar refractivity (Wildman–Crippen MR) is 559 cm³/mol. The molecule has 10 nitrogen and oxygen atoms in total. The molecule has 0 aliphatic heterocycles. The molecule has 20 aromatic carbocycles. The van der Waals surface area contributed by atoms with Gasteiger partial charge in [-0.1, -0.05) is 400 Å². The molecule has 0 aliphatic rings. The standard InChI is InChI=1S/2C63H40N4O/c1-6-20-41(21-7-1)47-31-18-32-48(42-22-8-2-9-23-42)57(47)45-36-37-49(54(40-45)63-65-61(43-24-10-3-11-25-43)64-62(66-63)44-26-12-4-13-27-44)50-33-19-34-51-52-38-39-56-58(60(52)68-59(50)51)53-30-16-17-35-55(53)67(56)46-28-14-5-15-29-46;1-6-19-41(20-7-1)48-35-33-45(39-53(48)42-21-8-2-9-22-42)46-34-36-49(54(40-46)63-65-61(43-23-10-3-11-24-43)64-62(66-63)44-25-12-4-13-26-44)51-30-18-32-56-58(51)59-57(68-56)38-37-52-50-29-16-17-31-55(50)67(60(52)59)47-27-14-5-15-28-47/h2*1-40H. The topological polar surface area (TPSA) is 113 Å². The zero-order chi connectivity index (χ0) is 89.9. The highest BCUT2D eigenvalue weighted by atomic mass is 16.3. The first-order valence-corrected chi connectivity index (χ1v) is 45.9. The lowest BCUT2D eigenvalue weighted by Crippen LogP contribution is -2.01. The number of hydrogen-bond donors (Lipinski definition) is 0. The van der Waals surface area contributed by atoms with Gasteiger partial charge < -0.3 is 18.0 Å². The second-order valence-corrected chi connectivity index (χ2v) is 34.2. The summed E-state index contributed by atoms with van der Waals surface area (Å²) in [6.45, 7) is 0. The molecule has 6 heterocycles. The van der Waals surface area contributed by atoms with Crippen molar-refractivity contribution in [1.29, 1.82) is 0 Å². The molecule has 0 spiro atoms. The van der Waals surface area contributed by atoms with Gasteiger partial charge in [0.05, 0.1) is 32.8 Å². The third-order valence-electron chi connectivity index (χ3n) is 26.2. The van der Waals surface area contributed by atoms with E-state index in [2.05, 4.69) is 422 Å². The molecule has 0 N–H and O–H groups in total. The third kappa shape index (κ3) is 14.2. The Hall–Kier alpha value is -18.4. The molecule has 0 saturated carbocycles. The van der Waals surface area contributed by atoms with Crippen molar-refractivity contribution < 1.29 is 8.83 Å². The molecule has 0 fully saturated rings. The second-order valence-electron chi connectivity index (χ2n) is 34.2. The summed E-state index contributed by atoms with van der Waals surface area (Å²) in [5.41, 5.74) is 32.7. The molecule has 6 aromatic heterocycles. The van der Waals surface area contributed by atoms with Crippen molar-refractivity contribution in [2.24, 2.45) is 0 Å². The molecule has 0 atom stereocenters. The van der Waals surface area contributed by atoms with E-state index in [0.29, 0.717) is 34.9 Å². The maximum atomic E-state index is 7.29. The van der Waals surface area contributed by atoms with Gasteiger partial charge in [-0.2, -0.15) is 0 Å². The van der Waals surface area contributed by atoms with Crippen molar-refractivity contribution >= 4 is 87.5 Å². The monoisotopic (exact) mass is 1740 g/mol. The van der Waals surface area contributed by atoms with Crippen LogP contribution in [-0.2, 0) is 0 Å². The SMILES string of the molecule is c1ccc(-c2nc(-c3ccccc3)nc(-c3cc(-c4c(-c5ccccc5)cccc4-c4ccccc4)ccc3-c3cccc4c3oc3c4ccc4c3c3ccccc3n4-c3ccccc3)n2)cc1.c1ccc(-c2nc(-c3ccccc3)nc(-c3cc(-c4ccc(-c5ccccc5)c(-c5ccccc5)c4)ccc3-c3cccc4oc5ccc6c7ccccc7n(-c7ccccc7)c6c5c34)n2)cc1. The summed E-state index contributed by atoms with van der Waals surface area (Å²) in [7, 11) is 0. The number of benzene rings is 20. The maximum Gasteiger partial charge on any atom is 0.164 e. The minimum absolute atomic E-state index is 0.564. The van der Waals surface area contributed by atoms with Gasteiger partial charge in [0.2, 0.25) is 0 Å². The van der Waals surface area contributed by atoms with Gasteiger partial charge in [-0.3, -0.25) is 0 Å². The van der Waals surface area contributed by atoms with Crippen LogP contribution in [0, 0.1) is 0 Å². The van der Waals surface area contributed by atoms with E-state index in [1.54, 1.807) is 0 Å². The Kier molecular flexibility index (Phi) is 20.0. The first kappa shape index (κ1) is 79.8. The molecule has 0 bridgehead atoms. The van der Waals surface area contributed by atoms with Gasteiger partial charge in [-0.25, -0.2) is 29.9 Å². The largest absolute Gasteiger partial charge is 0.456 e. The number of hydrogen-bond acceptors (Lipinski definition) is 8. The van der Waals surface area contributed by atoms with Crippen molar-refractivity contribution in [3.8, 4) is 169 Å². The van der Waals surface area contributed by atoms with E-state index in [9.17, 15) is 0 Å². The molecular formula is C126H80N8O2. The average molecular weight is 1740 g/mol. The predicted octanol–water partition coefficient (Wildman–Crippen LogP) is 33.1. The highest BCUT2D eigenvalue weighted by Gasteiger charge is 2.29. The fraction of sp³-hybridized carbons (Fsp3) is 0. The minimum Gasteiger partial charge on any atom is -0.456 e. The number of para-hydroxylation sites is 5. The van der Waals surface area contributed by atoms with Gasteiger partial charge in [-0.15, -0.1) is 0 Å². The Bertz CT molecular complexity index is 8870. The normalized spacial score (nSPS) is 11.5. The van der Waals surface area contributed by atoms with Crippen LogP contribution in [0.3, 0.4) is 0 Å². The Labute approximate surface area is 784 Å². The first-order chi connectivity index (χ1) is 67.5. The van der Waals surface area contributed by atoms with Crippen LogP contribution in [0.2, 0.25) is 0 Å². The molecule has 0 aliphatic carbocycles. The Morgan fingerprint density at radius 1 is 0.162 bits per heavy atom.